The molecule has 0 aliphatic heterocycles. The van der Waals surface area contributed by atoms with E-state index in [0.717, 1.165) is 18.4 Å². The van der Waals surface area contributed by atoms with Crippen LogP contribution < -0.4 is 4.18 Å². The molecule has 4 heteroatoms. The molecule has 0 aromatic heterocycles. The molecule has 1 unspecified atom stereocenters. The quantitative estimate of drug-likeness (QED) is 0.248. The third-order valence-corrected chi connectivity index (χ3v) is 6.76. The number of hydrogen-bond acceptors (Lipinski definition) is 3. The van der Waals surface area contributed by atoms with E-state index in [-0.39, 0.29) is 0 Å². The Morgan fingerprint density at radius 2 is 1.46 bits per heavy atom. The number of benzene rings is 1. The summed E-state index contributed by atoms with van der Waals surface area (Å²) >= 11 is 0. The molecule has 0 spiro atoms. The van der Waals surface area contributed by atoms with Crippen molar-refractivity contribution < 1.29 is 12.6 Å². The van der Waals surface area contributed by atoms with Crippen molar-refractivity contribution in [1.29, 1.82) is 0 Å². The molecule has 0 amide bonds. The SMILES string of the molecule is CCCCCCCCCCCCC(CC)S(=O)(=O)Oc1cccc(C)c1. The summed E-state index contributed by atoms with van der Waals surface area (Å²) in [5.41, 5.74) is 1.00. The van der Waals surface area contributed by atoms with E-state index in [0.29, 0.717) is 18.6 Å². The molecular formula is C22H38O3S. The summed E-state index contributed by atoms with van der Waals surface area (Å²) in [6.07, 6.45) is 13.9. The molecule has 1 atom stereocenters. The Hall–Kier alpha value is -1.03. The van der Waals surface area contributed by atoms with E-state index in [1.165, 1.54) is 51.4 Å². The summed E-state index contributed by atoms with van der Waals surface area (Å²) in [7, 11) is -3.55. The van der Waals surface area contributed by atoms with Gasteiger partial charge >= 0.3 is 10.1 Å². The molecule has 0 N–H and O–H groups in total. The van der Waals surface area contributed by atoms with Crippen molar-refractivity contribution in [3.63, 3.8) is 0 Å². The third-order valence-electron chi connectivity index (χ3n) is 4.95. The van der Waals surface area contributed by atoms with Crippen LogP contribution in [0.25, 0.3) is 0 Å². The van der Waals surface area contributed by atoms with Gasteiger partial charge in [-0.25, -0.2) is 0 Å². The monoisotopic (exact) mass is 382 g/mol. The standard InChI is InChI=1S/C22H38O3S/c1-4-6-7-8-9-10-11-12-13-14-18-22(5-2)26(23,24)25-21-17-15-16-20(3)19-21/h15-17,19,22H,4-14,18H2,1-3H3. The number of hydrogen-bond donors (Lipinski definition) is 0. The van der Waals surface area contributed by atoms with Crippen LogP contribution in [0.4, 0.5) is 0 Å². The van der Waals surface area contributed by atoms with Gasteiger partial charge in [0.05, 0.1) is 5.25 Å². The largest absolute Gasteiger partial charge is 0.382 e. The van der Waals surface area contributed by atoms with Crippen molar-refractivity contribution in [2.75, 3.05) is 0 Å². The molecule has 0 aliphatic rings. The van der Waals surface area contributed by atoms with E-state index in [4.69, 9.17) is 4.18 Å². The number of unbranched alkanes of at least 4 members (excludes halogenated alkanes) is 9. The van der Waals surface area contributed by atoms with Crippen molar-refractivity contribution >= 4 is 10.1 Å². The second-order valence-corrected chi connectivity index (χ2v) is 9.21. The van der Waals surface area contributed by atoms with Crippen LogP contribution in [0.2, 0.25) is 0 Å². The van der Waals surface area contributed by atoms with Crippen LogP contribution in [0.15, 0.2) is 24.3 Å². The predicted molar refractivity (Wildman–Crippen MR) is 111 cm³/mol. The molecule has 0 fully saturated rings. The molecule has 3 nitrogen and oxygen atoms in total. The van der Waals surface area contributed by atoms with E-state index < -0.39 is 15.4 Å². The van der Waals surface area contributed by atoms with E-state index in [1.54, 1.807) is 12.1 Å². The second kappa shape index (κ2) is 13.2. The van der Waals surface area contributed by atoms with Crippen molar-refractivity contribution in [3.8, 4) is 5.75 Å². The van der Waals surface area contributed by atoms with Crippen LogP contribution in [-0.4, -0.2) is 13.7 Å². The van der Waals surface area contributed by atoms with Gasteiger partial charge in [0.1, 0.15) is 5.75 Å². The summed E-state index contributed by atoms with van der Waals surface area (Å²) in [5, 5.41) is -0.406. The molecule has 150 valence electrons. The fraction of sp³-hybridized carbons (Fsp3) is 0.727. The van der Waals surface area contributed by atoms with Crippen LogP contribution >= 0.6 is 0 Å². The van der Waals surface area contributed by atoms with Crippen LogP contribution in [0, 0.1) is 6.92 Å². The molecule has 0 saturated heterocycles. The molecular weight excluding hydrogens is 344 g/mol. The van der Waals surface area contributed by atoms with E-state index in [9.17, 15) is 8.42 Å². The van der Waals surface area contributed by atoms with Gasteiger partial charge in [-0.05, 0) is 37.5 Å². The fourth-order valence-corrected chi connectivity index (χ4v) is 4.65. The zero-order chi connectivity index (χ0) is 19.3. The Bertz CT molecular complexity index is 581. The molecule has 0 radical (unpaired) electrons. The summed E-state index contributed by atoms with van der Waals surface area (Å²) in [4.78, 5) is 0. The van der Waals surface area contributed by atoms with Gasteiger partial charge in [-0.2, -0.15) is 8.42 Å². The van der Waals surface area contributed by atoms with E-state index in [1.807, 2.05) is 26.0 Å². The maximum absolute atomic E-state index is 12.5. The Morgan fingerprint density at radius 3 is 2.00 bits per heavy atom. The molecule has 0 bridgehead atoms. The van der Waals surface area contributed by atoms with Crippen molar-refractivity contribution in [1.82, 2.24) is 0 Å². The average molecular weight is 383 g/mol. The second-order valence-electron chi connectivity index (χ2n) is 7.39. The maximum atomic E-state index is 12.5. The lowest BCUT2D eigenvalue weighted by Crippen LogP contribution is -2.25. The van der Waals surface area contributed by atoms with Crippen LogP contribution in [-0.2, 0) is 10.1 Å². The van der Waals surface area contributed by atoms with Gasteiger partial charge in [-0.3, -0.25) is 0 Å². The number of rotatable bonds is 15. The topological polar surface area (TPSA) is 43.4 Å². The van der Waals surface area contributed by atoms with Gasteiger partial charge in [0.25, 0.3) is 0 Å². The highest BCUT2D eigenvalue weighted by atomic mass is 32.2. The van der Waals surface area contributed by atoms with Gasteiger partial charge in [-0.1, -0.05) is 90.2 Å². The molecule has 0 heterocycles. The Labute approximate surface area is 161 Å². The van der Waals surface area contributed by atoms with Crippen LogP contribution in [0.5, 0.6) is 5.75 Å². The minimum atomic E-state index is -3.55. The first-order valence-electron chi connectivity index (χ1n) is 10.5. The molecule has 1 rings (SSSR count). The van der Waals surface area contributed by atoms with Crippen LogP contribution in [0.1, 0.15) is 96.5 Å². The van der Waals surface area contributed by atoms with Gasteiger partial charge in [0.2, 0.25) is 0 Å². The smallest absolute Gasteiger partial charge is 0.312 e. The summed E-state index contributed by atoms with van der Waals surface area (Å²) in [6.45, 7) is 6.11. The summed E-state index contributed by atoms with van der Waals surface area (Å²) in [5.74, 6) is 0.423. The number of aryl methyl sites for hydroxylation is 1. The molecule has 26 heavy (non-hydrogen) atoms. The maximum Gasteiger partial charge on any atom is 0.312 e. The Kier molecular flexibility index (Phi) is 11.7. The van der Waals surface area contributed by atoms with Crippen molar-refractivity contribution in [3.05, 3.63) is 29.8 Å². The molecule has 0 saturated carbocycles. The van der Waals surface area contributed by atoms with Gasteiger partial charge in [0.15, 0.2) is 0 Å². The third kappa shape index (κ3) is 9.61. The summed E-state index contributed by atoms with van der Waals surface area (Å²) in [6, 6.07) is 7.23. The highest BCUT2D eigenvalue weighted by Gasteiger charge is 2.25. The van der Waals surface area contributed by atoms with E-state index >= 15 is 0 Å². The lowest BCUT2D eigenvalue weighted by Gasteiger charge is -2.16. The van der Waals surface area contributed by atoms with E-state index in [2.05, 4.69) is 6.92 Å². The lowest BCUT2D eigenvalue weighted by atomic mass is 10.0. The zero-order valence-electron chi connectivity index (χ0n) is 17.0. The Morgan fingerprint density at radius 1 is 0.885 bits per heavy atom. The van der Waals surface area contributed by atoms with Crippen molar-refractivity contribution in [2.45, 2.75) is 103 Å². The van der Waals surface area contributed by atoms with Crippen LogP contribution in [0.3, 0.4) is 0 Å². The first-order valence-corrected chi connectivity index (χ1v) is 12.0. The fourth-order valence-electron chi connectivity index (χ4n) is 3.28. The summed E-state index contributed by atoms with van der Waals surface area (Å²) < 4.78 is 30.4. The molecule has 1 aromatic rings. The first-order chi connectivity index (χ1) is 12.5. The van der Waals surface area contributed by atoms with Gasteiger partial charge < -0.3 is 4.18 Å². The van der Waals surface area contributed by atoms with Gasteiger partial charge in [-0.15, -0.1) is 0 Å². The normalized spacial score (nSPS) is 12.9. The first kappa shape index (κ1) is 23.0. The minimum absolute atomic E-state index is 0.406. The Balaban J connectivity index is 2.24. The highest BCUT2D eigenvalue weighted by molar-refractivity contribution is 7.87. The van der Waals surface area contributed by atoms with Gasteiger partial charge in [0, 0.05) is 0 Å². The lowest BCUT2D eigenvalue weighted by molar-refractivity contribution is 0.456. The highest BCUT2D eigenvalue weighted by Crippen LogP contribution is 2.22. The molecule has 1 aromatic carbocycles. The van der Waals surface area contributed by atoms with Crippen molar-refractivity contribution in [2.24, 2.45) is 0 Å². The zero-order valence-corrected chi connectivity index (χ0v) is 17.8. The predicted octanol–water partition coefficient (Wildman–Crippen LogP) is 6.79. The minimum Gasteiger partial charge on any atom is -0.382 e. The molecule has 0 aliphatic carbocycles. The average Bonchev–Trinajstić information content (AvgIpc) is 2.59.